The van der Waals surface area contributed by atoms with Gasteiger partial charge in [-0.1, -0.05) is 6.07 Å². The molecule has 2 heterocycles. The zero-order valence-electron chi connectivity index (χ0n) is 11.1. The summed E-state index contributed by atoms with van der Waals surface area (Å²) in [7, 11) is 0. The van der Waals surface area contributed by atoms with Crippen LogP contribution in [0.5, 0.6) is 11.5 Å². The van der Waals surface area contributed by atoms with Gasteiger partial charge in [0.1, 0.15) is 12.4 Å². The van der Waals surface area contributed by atoms with Crippen molar-refractivity contribution in [3.8, 4) is 11.5 Å². The minimum Gasteiger partial charge on any atom is -0.466 e. The summed E-state index contributed by atoms with van der Waals surface area (Å²) in [5.74, 6) is 6.55. The number of nitrogen functional groups attached to an aromatic ring is 1. The summed E-state index contributed by atoms with van der Waals surface area (Å²) in [5.41, 5.74) is 3.36. The first-order chi connectivity index (χ1) is 10.3. The number of carbonyl (C=O) groups excluding carboxylic acids is 1. The summed E-state index contributed by atoms with van der Waals surface area (Å²) in [6, 6.07) is 7.13. The largest absolute Gasteiger partial charge is 0.466 e. The van der Waals surface area contributed by atoms with E-state index in [0.29, 0.717) is 23.7 Å². The summed E-state index contributed by atoms with van der Waals surface area (Å²) in [6.07, 6.45) is 1.42. The molecule has 0 fully saturated rings. The van der Waals surface area contributed by atoms with Gasteiger partial charge in [0.15, 0.2) is 11.5 Å². The van der Waals surface area contributed by atoms with Gasteiger partial charge in [-0.15, -0.1) is 0 Å². The molecule has 1 aliphatic rings. The Kier molecular flexibility index (Phi) is 3.76. The average Bonchev–Trinajstić information content (AvgIpc) is 3.14. The highest BCUT2D eigenvalue weighted by molar-refractivity contribution is 5.94. The van der Waals surface area contributed by atoms with Crippen molar-refractivity contribution in [1.29, 1.82) is 0 Å². The van der Waals surface area contributed by atoms with Gasteiger partial charge in [-0.2, -0.15) is 0 Å². The fourth-order valence-corrected chi connectivity index (χ4v) is 2.02. The predicted molar refractivity (Wildman–Crippen MR) is 71.4 cm³/mol. The van der Waals surface area contributed by atoms with Crippen molar-refractivity contribution in [2.45, 2.75) is 13.2 Å². The molecule has 1 amide bonds. The van der Waals surface area contributed by atoms with Crippen molar-refractivity contribution in [1.82, 2.24) is 5.43 Å². The van der Waals surface area contributed by atoms with Crippen LogP contribution in [0.2, 0.25) is 0 Å². The van der Waals surface area contributed by atoms with Crippen LogP contribution in [0.1, 0.15) is 21.7 Å². The second kappa shape index (κ2) is 5.86. The number of nitrogens with two attached hydrogens (primary N) is 1. The molecule has 0 radical (unpaired) electrons. The van der Waals surface area contributed by atoms with Gasteiger partial charge in [0, 0.05) is 0 Å². The fraction of sp³-hybridized carbons (Fsp3) is 0.214. The summed E-state index contributed by atoms with van der Waals surface area (Å²) >= 11 is 0. The van der Waals surface area contributed by atoms with E-state index in [9.17, 15) is 4.79 Å². The smallest absolute Gasteiger partial charge is 0.268 e. The van der Waals surface area contributed by atoms with Crippen LogP contribution in [0.15, 0.2) is 34.9 Å². The van der Waals surface area contributed by atoms with Gasteiger partial charge in [-0.25, -0.2) is 5.84 Å². The van der Waals surface area contributed by atoms with Crippen LogP contribution in [0.4, 0.5) is 0 Å². The molecule has 3 rings (SSSR count). The van der Waals surface area contributed by atoms with Crippen molar-refractivity contribution < 1.29 is 23.4 Å². The molecule has 0 aliphatic carbocycles. The zero-order chi connectivity index (χ0) is 14.7. The van der Waals surface area contributed by atoms with Crippen LogP contribution in [-0.4, -0.2) is 12.7 Å². The second-order valence-corrected chi connectivity index (χ2v) is 4.41. The lowest BCUT2D eigenvalue weighted by Gasteiger charge is -2.05. The summed E-state index contributed by atoms with van der Waals surface area (Å²) in [5, 5.41) is 0. The third-order valence-corrected chi connectivity index (χ3v) is 3.06. The number of hydrogen-bond donors (Lipinski definition) is 2. The molecule has 0 saturated heterocycles. The minimum atomic E-state index is -0.412. The molecular formula is C14H14N2O5. The molecule has 0 saturated carbocycles. The van der Waals surface area contributed by atoms with E-state index < -0.39 is 5.91 Å². The first-order valence-electron chi connectivity index (χ1n) is 6.31. The Hall–Kier alpha value is -2.51. The third-order valence-electron chi connectivity index (χ3n) is 3.06. The number of nitrogens with one attached hydrogen (secondary N) is 1. The molecule has 3 N–H and O–H groups in total. The lowest BCUT2D eigenvalue weighted by atomic mass is 10.2. The van der Waals surface area contributed by atoms with E-state index in [1.54, 1.807) is 6.07 Å². The van der Waals surface area contributed by atoms with E-state index >= 15 is 0 Å². The van der Waals surface area contributed by atoms with Crippen LogP contribution in [0.3, 0.4) is 0 Å². The van der Waals surface area contributed by atoms with Crippen LogP contribution >= 0.6 is 0 Å². The highest BCUT2D eigenvalue weighted by Gasteiger charge is 2.15. The maximum absolute atomic E-state index is 11.5. The average molecular weight is 290 g/mol. The Balaban J connectivity index is 1.59. The van der Waals surface area contributed by atoms with E-state index in [0.717, 1.165) is 11.3 Å². The molecule has 7 nitrogen and oxygen atoms in total. The lowest BCUT2D eigenvalue weighted by Crippen LogP contribution is -2.30. The molecule has 1 aliphatic heterocycles. The summed E-state index contributed by atoms with van der Waals surface area (Å²) in [6.45, 7) is 0.773. The molecule has 0 spiro atoms. The first kappa shape index (κ1) is 13.5. The quantitative estimate of drug-likeness (QED) is 0.490. The van der Waals surface area contributed by atoms with E-state index in [-0.39, 0.29) is 13.4 Å². The van der Waals surface area contributed by atoms with Crippen molar-refractivity contribution in [2.24, 2.45) is 5.84 Å². The number of ether oxygens (including phenoxy) is 3. The van der Waals surface area contributed by atoms with Gasteiger partial charge in [-0.3, -0.25) is 10.2 Å². The lowest BCUT2D eigenvalue weighted by molar-refractivity contribution is 0.0869. The molecule has 2 aromatic rings. The van der Waals surface area contributed by atoms with Crippen LogP contribution in [-0.2, 0) is 18.0 Å². The molecule has 21 heavy (non-hydrogen) atoms. The molecular weight excluding hydrogens is 276 g/mol. The van der Waals surface area contributed by atoms with Crippen LogP contribution < -0.4 is 20.7 Å². The number of hydrogen-bond acceptors (Lipinski definition) is 6. The Morgan fingerprint density at radius 1 is 1.24 bits per heavy atom. The zero-order valence-corrected chi connectivity index (χ0v) is 11.1. The number of amides is 1. The number of carbonyl (C=O) groups is 1. The molecule has 1 aromatic heterocycles. The maximum Gasteiger partial charge on any atom is 0.268 e. The molecule has 0 atom stereocenters. The maximum atomic E-state index is 11.5. The topological polar surface area (TPSA) is 96.0 Å². The van der Waals surface area contributed by atoms with Gasteiger partial charge in [0.25, 0.3) is 5.91 Å². The number of hydrazine groups is 1. The van der Waals surface area contributed by atoms with E-state index in [4.69, 9.17) is 24.5 Å². The van der Waals surface area contributed by atoms with Gasteiger partial charge < -0.3 is 18.6 Å². The van der Waals surface area contributed by atoms with E-state index in [2.05, 4.69) is 5.43 Å². The molecule has 0 bridgehead atoms. The van der Waals surface area contributed by atoms with Crippen molar-refractivity contribution in [3.63, 3.8) is 0 Å². The van der Waals surface area contributed by atoms with Crippen molar-refractivity contribution in [3.05, 3.63) is 47.4 Å². The highest BCUT2D eigenvalue weighted by Crippen LogP contribution is 2.32. The number of fused-ring (bicyclic) bond motifs is 1. The van der Waals surface area contributed by atoms with Gasteiger partial charge in [-0.05, 0) is 23.8 Å². The summed E-state index contributed by atoms with van der Waals surface area (Å²) < 4.78 is 21.3. The molecule has 110 valence electrons. The predicted octanol–water partition coefficient (Wildman–Crippen LogP) is 1.33. The van der Waals surface area contributed by atoms with Gasteiger partial charge >= 0.3 is 0 Å². The summed E-state index contributed by atoms with van der Waals surface area (Å²) in [4.78, 5) is 11.5. The van der Waals surface area contributed by atoms with E-state index in [1.807, 2.05) is 18.2 Å². The van der Waals surface area contributed by atoms with Crippen molar-refractivity contribution >= 4 is 5.91 Å². The molecule has 0 unspecified atom stereocenters. The SMILES string of the molecule is NNC(=O)c1ccoc1COCc1ccc2c(c1)OCO2. The molecule has 7 heteroatoms. The number of benzene rings is 1. The highest BCUT2D eigenvalue weighted by atomic mass is 16.7. The molecule has 1 aromatic carbocycles. The Morgan fingerprint density at radius 3 is 2.95 bits per heavy atom. The van der Waals surface area contributed by atoms with Crippen LogP contribution in [0.25, 0.3) is 0 Å². The first-order valence-corrected chi connectivity index (χ1v) is 6.31. The Morgan fingerprint density at radius 2 is 2.10 bits per heavy atom. The number of furan rings is 1. The Bertz CT molecular complexity index is 653. The van der Waals surface area contributed by atoms with Crippen molar-refractivity contribution in [2.75, 3.05) is 6.79 Å². The van der Waals surface area contributed by atoms with Crippen LogP contribution in [0, 0.1) is 0 Å². The third kappa shape index (κ3) is 2.83. The van der Waals surface area contributed by atoms with E-state index in [1.165, 1.54) is 6.26 Å². The van der Waals surface area contributed by atoms with Gasteiger partial charge in [0.2, 0.25) is 6.79 Å². The minimum absolute atomic E-state index is 0.171. The normalized spacial score (nSPS) is 12.4. The number of rotatable bonds is 5. The fourth-order valence-electron chi connectivity index (χ4n) is 2.02. The standard InChI is InChI=1S/C14H14N2O5/c15-16-14(17)10-3-4-19-13(10)7-18-6-9-1-2-11-12(5-9)21-8-20-11/h1-5H,6-8,15H2,(H,16,17). The Labute approximate surface area is 120 Å². The van der Waals surface area contributed by atoms with Gasteiger partial charge in [0.05, 0.1) is 18.4 Å². The monoisotopic (exact) mass is 290 g/mol. The second-order valence-electron chi connectivity index (χ2n) is 4.41.